The van der Waals surface area contributed by atoms with Gasteiger partial charge in [0.25, 0.3) is 0 Å². The SMILES string of the molecule is COC1=C2c3cc4c(cc3CCN3CCC[C@]23CC1O)OCO4. The summed E-state index contributed by atoms with van der Waals surface area (Å²) in [6, 6.07) is 4.20. The second kappa shape index (κ2) is 4.65. The van der Waals surface area contributed by atoms with Crippen LogP contribution in [0, 0.1) is 0 Å². The number of aliphatic hydroxyl groups is 1. The van der Waals surface area contributed by atoms with Crippen molar-refractivity contribution in [1.82, 2.24) is 4.90 Å². The zero-order valence-electron chi connectivity index (χ0n) is 13.3. The molecule has 0 radical (unpaired) electrons. The van der Waals surface area contributed by atoms with E-state index in [1.165, 1.54) is 23.1 Å². The smallest absolute Gasteiger partial charge is 0.231 e. The molecule has 0 bridgehead atoms. The molecule has 0 aromatic heterocycles. The van der Waals surface area contributed by atoms with Crippen molar-refractivity contribution in [2.75, 3.05) is 27.0 Å². The molecule has 1 fully saturated rings. The fourth-order valence-corrected chi connectivity index (χ4v) is 4.99. The topological polar surface area (TPSA) is 51.2 Å². The van der Waals surface area contributed by atoms with Crippen molar-refractivity contribution in [2.45, 2.75) is 37.3 Å². The molecule has 1 aromatic carbocycles. The van der Waals surface area contributed by atoms with E-state index in [0.29, 0.717) is 0 Å². The third-order valence-corrected chi connectivity index (χ3v) is 5.91. The van der Waals surface area contributed by atoms with Crippen LogP contribution in [-0.4, -0.2) is 48.6 Å². The summed E-state index contributed by atoms with van der Waals surface area (Å²) in [4.78, 5) is 2.55. The fraction of sp³-hybridized carbons (Fsp3) is 0.556. The molecule has 23 heavy (non-hydrogen) atoms. The highest BCUT2D eigenvalue weighted by Gasteiger charge is 2.54. The molecule has 3 aliphatic heterocycles. The number of hydrogen-bond acceptors (Lipinski definition) is 5. The fourth-order valence-electron chi connectivity index (χ4n) is 4.99. The zero-order chi connectivity index (χ0) is 15.6. The van der Waals surface area contributed by atoms with Gasteiger partial charge in [0.05, 0.1) is 12.6 Å². The van der Waals surface area contributed by atoms with Crippen LogP contribution in [0.5, 0.6) is 11.5 Å². The number of methoxy groups -OCH3 is 1. The quantitative estimate of drug-likeness (QED) is 0.858. The Bertz CT molecular complexity index is 713. The molecule has 1 aliphatic carbocycles. The zero-order valence-corrected chi connectivity index (χ0v) is 13.3. The molecule has 1 spiro atoms. The van der Waals surface area contributed by atoms with Crippen molar-refractivity contribution >= 4 is 5.57 Å². The van der Waals surface area contributed by atoms with Gasteiger partial charge in [0.15, 0.2) is 11.5 Å². The molecule has 1 aromatic rings. The number of benzene rings is 1. The molecule has 1 saturated heterocycles. The van der Waals surface area contributed by atoms with E-state index in [9.17, 15) is 5.11 Å². The van der Waals surface area contributed by atoms with Gasteiger partial charge in [-0.05, 0) is 49.1 Å². The van der Waals surface area contributed by atoms with Gasteiger partial charge in [0.1, 0.15) is 11.9 Å². The third kappa shape index (κ3) is 1.69. The van der Waals surface area contributed by atoms with Crippen LogP contribution in [-0.2, 0) is 11.2 Å². The molecule has 5 nitrogen and oxygen atoms in total. The average molecular weight is 315 g/mol. The number of nitrogens with zero attached hydrogens (tertiary/aromatic N) is 1. The van der Waals surface area contributed by atoms with E-state index in [2.05, 4.69) is 17.0 Å². The standard InChI is InChI=1S/C18H21NO4/c1-21-17-13(20)9-18-4-2-5-19(18)6-3-11-7-14-15(23-10-22-14)8-12(11)16(17)18/h7-8,13,20H,2-6,9-10H2,1H3/t13?,18-/m0/s1. The van der Waals surface area contributed by atoms with E-state index in [0.717, 1.165) is 49.6 Å². The van der Waals surface area contributed by atoms with Gasteiger partial charge in [-0.15, -0.1) is 0 Å². The minimum atomic E-state index is -0.521. The number of fused-ring (bicyclic) bond motifs is 3. The van der Waals surface area contributed by atoms with Crippen molar-refractivity contribution in [1.29, 1.82) is 0 Å². The molecule has 5 rings (SSSR count). The number of aliphatic hydroxyl groups excluding tert-OH is 1. The van der Waals surface area contributed by atoms with Crippen molar-refractivity contribution in [3.8, 4) is 11.5 Å². The monoisotopic (exact) mass is 315 g/mol. The lowest BCUT2D eigenvalue weighted by Gasteiger charge is -2.36. The van der Waals surface area contributed by atoms with Crippen LogP contribution in [0.15, 0.2) is 17.9 Å². The first kappa shape index (κ1) is 13.7. The molecule has 3 heterocycles. The highest BCUT2D eigenvalue weighted by atomic mass is 16.7. The highest BCUT2D eigenvalue weighted by molar-refractivity contribution is 5.82. The summed E-state index contributed by atoms with van der Waals surface area (Å²) in [5.74, 6) is 2.37. The number of hydrogen-bond donors (Lipinski definition) is 1. The van der Waals surface area contributed by atoms with E-state index in [-0.39, 0.29) is 12.3 Å². The minimum Gasteiger partial charge on any atom is -0.498 e. The molecule has 5 heteroatoms. The van der Waals surface area contributed by atoms with E-state index >= 15 is 0 Å². The van der Waals surface area contributed by atoms with E-state index in [4.69, 9.17) is 14.2 Å². The van der Waals surface area contributed by atoms with Crippen LogP contribution in [0.1, 0.15) is 30.4 Å². The molecule has 1 unspecified atom stereocenters. The predicted molar refractivity (Wildman–Crippen MR) is 84.4 cm³/mol. The van der Waals surface area contributed by atoms with Crippen LogP contribution < -0.4 is 9.47 Å². The third-order valence-electron chi connectivity index (χ3n) is 5.91. The maximum absolute atomic E-state index is 10.6. The minimum absolute atomic E-state index is 0.0797. The summed E-state index contributed by atoms with van der Waals surface area (Å²) in [6.45, 7) is 2.39. The van der Waals surface area contributed by atoms with Gasteiger partial charge in [0, 0.05) is 18.5 Å². The second-order valence-corrected chi connectivity index (χ2v) is 6.90. The van der Waals surface area contributed by atoms with E-state index < -0.39 is 6.10 Å². The van der Waals surface area contributed by atoms with Gasteiger partial charge in [-0.1, -0.05) is 0 Å². The molecule has 2 atom stereocenters. The highest BCUT2D eigenvalue weighted by Crippen LogP contribution is 2.54. The Hall–Kier alpha value is -1.72. The largest absolute Gasteiger partial charge is 0.498 e. The van der Waals surface area contributed by atoms with Gasteiger partial charge >= 0.3 is 0 Å². The van der Waals surface area contributed by atoms with Gasteiger partial charge in [-0.25, -0.2) is 0 Å². The van der Waals surface area contributed by atoms with E-state index in [1.807, 2.05) is 0 Å². The van der Waals surface area contributed by atoms with Gasteiger partial charge < -0.3 is 19.3 Å². The van der Waals surface area contributed by atoms with Crippen LogP contribution in [0.4, 0.5) is 0 Å². The van der Waals surface area contributed by atoms with Gasteiger partial charge in [-0.3, -0.25) is 4.90 Å². The lowest BCUT2D eigenvalue weighted by molar-refractivity contribution is 0.101. The van der Waals surface area contributed by atoms with Crippen molar-refractivity contribution in [3.05, 3.63) is 29.0 Å². The average Bonchev–Trinajstić information content (AvgIpc) is 3.20. The maximum Gasteiger partial charge on any atom is 0.231 e. The Kier molecular flexibility index (Phi) is 2.77. The van der Waals surface area contributed by atoms with Gasteiger partial charge in [-0.2, -0.15) is 0 Å². The normalized spacial score (nSPS) is 31.7. The summed E-state index contributed by atoms with van der Waals surface area (Å²) in [5.41, 5.74) is 3.54. The molecular weight excluding hydrogens is 294 g/mol. The van der Waals surface area contributed by atoms with Crippen LogP contribution in [0.3, 0.4) is 0 Å². The Morgan fingerprint density at radius 1 is 1.26 bits per heavy atom. The maximum atomic E-state index is 10.6. The number of ether oxygens (including phenoxy) is 3. The lowest BCUT2D eigenvalue weighted by Crippen LogP contribution is -2.43. The van der Waals surface area contributed by atoms with Crippen molar-refractivity contribution < 1.29 is 19.3 Å². The summed E-state index contributed by atoms with van der Waals surface area (Å²) in [5, 5.41) is 10.6. The van der Waals surface area contributed by atoms with Gasteiger partial charge in [0.2, 0.25) is 6.79 Å². The summed E-state index contributed by atoms with van der Waals surface area (Å²) >= 11 is 0. The number of rotatable bonds is 1. The first-order valence-corrected chi connectivity index (χ1v) is 8.37. The van der Waals surface area contributed by atoms with Crippen molar-refractivity contribution in [2.24, 2.45) is 0 Å². The Morgan fingerprint density at radius 3 is 2.91 bits per heavy atom. The molecule has 1 N–H and O–H groups in total. The Balaban J connectivity index is 1.78. The van der Waals surface area contributed by atoms with Crippen LogP contribution in [0.25, 0.3) is 5.57 Å². The first-order valence-electron chi connectivity index (χ1n) is 8.37. The van der Waals surface area contributed by atoms with Crippen molar-refractivity contribution in [3.63, 3.8) is 0 Å². The van der Waals surface area contributed by atoms with E-state index in [1.54, 1.807) is 7.11 Å². The predicted octanol–water partition coefficient (Wildman–Crippen LogP) is 1.93. The van der Waals surface area contributed by atoms with Crippen LogP contribution >= 0.6 is 0 Å². The summed E-state index contributed by atoms with van der Waals surface area (Å²) in [6.07, 6.45) is 3.46. The first-order chi connectivity index (χ1) is 11.2. The Morgan fingerprint density at radius 2 is 2.09 bits per heavy atom. The van der Waals surface area contributed by atoms with Crippen LogP contribution in [0.2, 0.25) is 0 Å². The molecule has 0 amide bonds. The Labute approximate surface area is 135 Å². The summed E-state index contributed by atoms with van der Waals surface area (Å²) in [7, 11) is 1.67. The molecule has 0 saturated carbocycles. The second-order valence-electron chi connectivity index (χ2n) is 6.90. The molecular formula is C18H21NO4. The molecule has 4 aliphatic rings. The lowest BCUT2D eigenvalue weighted by atomic mass is 9.83. The molecule has 122 valence electrons. The summed E-state index contributed by atoms with van der Waals surface area (Å²) < 4.78 is 16.8.